The Morgan fingerprint density at radius 3 is 1.89 bits per heavy atom. The first-order valence-electron chi connectivity index (χ1n) is 12.2. The third-order valence-corrected chi connectivity index (χ3v) is 6.55. The van der Waals surface area contributed by atoms with Crippen molar-refractivity contribution in [2.24, 2.45) is 0 Å². The molecule has 1 fully saturated rings. The van der Waals surface area contributed by atoms with Crippen LogP contribution >= 0.6 is 0 Å². The van der Waals surface area contributed by atoms with Crippen molar-refractivity contribution < 1.29 is 18.9 Å². The summed E-state index contributed by atoms with van der Waals surface area (Å²) in [6.07, 6.45) is -0.265. The average Bonchev–Trinajstić information content (AvgIpc) is 3.20. The van der Waals surface area contributed by atoms with E-state index in [1.165, 1.54) is 0 Å². The van der Waals surface area contributed by atoms with Crippen molar-refractivity contribution >= 4 is 0 Å². The third-order valence-electron chi connectivity index (χ3n) is 6.55. The van der Waals surface area contributed by atoms with Gasteiger partial charge in [0.2, 0.25) is 0 Å². The van der Waals surface area contributed by atoms with Crippen LogP contribution in [-0.4, -0.2) is 30.5 Å². The van der Waals surface area contributed by atoms with E-state index in [1.54, 1.807) is 0 Å². The minimum Gasteiger partial charge on any atom is -0.374 e. The summed E-state index contributed by atoms with van der Waals surface area (Å²) in [6.45, 7) is 3.76. The van der Waals surface area contributed by atoms with Crippen LogP contribution < -0.4 is 0 Å². The molecule has 0 saturated carbocycles. The molecule has 1 aliphatic rings. The van der Waals surface area contributed by atoms with E-state index in [4.69, 9.17) is 18.9 Å². The normalized spacial score (nSPS) is 23.7. The topological polar surface area (TPSA) is 60.7 Å². The molecule has 35 heavy (non-hydrogen) atoms. The van der Waals surface area contributed by atoms with Gasteiger partial charge in [0.15, 0.2) is 0 Å². The lowest BCUT2D eigenvalue weighted by Crippen LogP contribution is -2.51. The molecule has 1 aliphatic heterocycles. The number of ether oxygens (including phenoxy) is 4. The Balaban J connectivity index is 1.55. The molecule has 0 aliphatic carbocycles. The van der Waals surface area contributed by atoms with E-state index in [9.17, 15) is 5.26 Å². The van der Waals surface area contributed by atoms with Crippen molar-refractivity contribution in [2.75, 3.05) is 6.61 Å². The van der Waals surface area contributed by atoms with Crippen LogP contribution in [0.25, 0.3) is 0 Å². The molecule has 4 atom stereocenters. The Kier molecular flexibility index (Phi) is 9.05. The molecule has 1 saturated heterocycles. The Labute approximate surface area is 208 Å². The first-order chi connectivity index (χ1) is 17.2. The molecule has 4 rings (SSSR count). The van der Waals surface area contributed by atoms with E-state index in [1.807, 2.05) is 91.0 Å². The molecule has 0 bridgehead atoms. The molecule has 182 valence electrons. The van der Waals surface area contributed by atoms with Gasteiger partial charge >= 0.3 is 0 Å². The first-order valence-corrected chi connectivity index (χ1v) is 12.2. The molecule has 3 aromatic carbocycles. The molecule has 5 heteroatoms. The lowest BCUT2D eigenvalue weighted by molar-refractivity contribution is -0.158. The second kappa shape index (κ2) is 12.6. The Bertz CT molecular complexity index is 1050. The maximum Gasteiger partial charge on any atom is 0.124 e. The van der Waals surface area contributed by atoms with E-state index in [2.05, 4.69) is 13.0 Å². The van der Waals surface area contributed by atoms with Gasteiger partial charge in [0.1, 0.15) is 23.9 Å². The number of nitriles is 1. The highest BCUT2D eigenvalue weighted by Gasteiger charge is 2.57. The second-order valence-corrected chi connectivity index (χ2v) is 8.83. The fourth-order valence-corrected chi connectivity index (χ4v) is 4.70. The molecular weight excluding hydrogens is 438 g/mol. The van der Waals surface area contributed by atoms with E-state index >= 15 is 0 Å². The second-order valence-electron chi connectivity index (χ2n) is 8.83. The van der Waals surface area contributed by atoms with Crippen molar-refractivity contribution in [1.82, 2.24) is 0 Å². The molecule has 0 radical (unpaired) electrons. The van der Waals surface area contributed by atoms with Gasteiger partial charge < -0.3 is 18.9 Å². The van der Waals surface area contributed by atoms with Crippen LogP contribution in [0.5, 0.6) is 0 Å². The number of hydrogen-bond acceptors (Lipinski definition) is 5. The summed E-state index contributed by atoms with van der Waals surface area (Å²) < 4.78 is 25.7. The summed E-state index contributed by atoms with van der Waals surface area (Å²) in [5.74, 6) is 0. The smallest absolute Gasteiger partial charge is 0.124 e. The summed E-state index contributed by atoms with van der Waals surface area (Å²) in [5.41, 5.74) is 2.49. The Hall–Kier alpha value is -3.01. The minimum absolute atomic E-state index is 0.225. The maximum absolute atomic E-state index is 9.59. The molecule has 3 aromatic rings. The molecule has 0 aromatic heterocycles. The van der Waals surface area contributed by atoms with Gasteiger partial charge in [0, 0.05) is 0 Å². The zero-order valence-corrected chi connectivity index (χ0v) is 20.2. The predicted octanol–water partition coefficient (Wildman–Crippen LogP) is 5.84. The van der Waals surface area contributed by atoms with Gasteiger partial charge in [-0.1, -0.05) is 97.9 Å². The van der Waals surface area contributed by atoms with Gasteiger partial charge in [-0.15, -0.1) is 0 Å². The van der Waals surface area contributed by atoms with Crippen molar-refractivity contribution in [3.8, 4) is 6.07 Å². The minimum atomic E-state index is -0.763. The molecule has 0 spiro atoms. The van der Waals surface area contributed by atoms with Gasteiger partial charge in [0.25, 0.3) is 0 Å². The molecule has 0 amide bonds. The van der Waals surface area contributed by atoms with Crippen LogP contribution in [0.15, 0.2) is 91.0 Å². The lowest BCUT2D eigenvalue weighted by Gasteiger charge is -2.37. The zero-order valence-electron chi connectivity index (χ0n) is 20.2. The molecular formula is C30H33NO4. The lowest BCUT2D eigenvalue weighted by atomic mass is 9.86. The van der Waals surface area contributed by atoms with Gasteiger partial charge in [-0.3, -0.25) is 0 Å². The quantitative estimate of drug-likeness (QED) is 0.332. The van der Waals surface area contributed by atoms with Gasteiger partial charge in [-0.2, -0.15) is 5.26 Å². The van der Waals surface area contributed by atoms with Crippen LogP contribution in [0.3, 0.4) is 0 Å². The fourth-order valence-electron chi connectivity index (χ4n) is 4.70. The van der Waals surface area contributed by atoms with Crippen LogP contribution in [0.1, 0.15) is 36.5 Å². The van der Waals surface area contributed by atoms with Crippen molar-refractivity contribution in [1.29, 1.82) is 5.26 Å². The van der Waals surface area contributed by atoms with Crippen LogP contribution in [0.2, 0.25) is 0 Å². The highest BCUT2D eigenvalue weighted by Crippen LogP contribution is 2.42. The van der Waals surface area contributed by atoms with Crippen molar-refractivity contribution in [3.05, 3.63) is 108 Å². The third kappa shape index (κ3) is 6.36. The highest BCUT2D eigenvalue weighted by molar-refractivity contribution is 5.17. The summed E-state index contributed by atoms with van der Waals surface area (Å²) in [5, 5.41) is 9.59. The monoisotopic (exact) mass is 471 g/mol. The first kappa shape index (κ1) is 25.1. The number of benzene rings is 3. The van der Waals surface area contributed by atoms with Crippen molar-refractivity contribution in [3.63, 3.8) is 0 Å². The molecule has 1 heterocycles. The number of rotatable bonds is 12. The summed E-state index contributed by atoms with van der Waals surface area (Å²) >= 11 is 0. The summed E-state index contributed by atoms with van der Waals surface area (Å²) in [7, 11) is 0. The van der Waals surface area contributed by atoms with Gasteiger partial charge in [0.05, 0.1) is 38.9 Å². The Morgan fingerprint density at radius 1 is 0.800 bits per heavy atom. The Morgan fingerprint density at radius 2 is 1.34 bits per heavy atom. The predicted molar refractivity (Wildman–Crippen MR) is 134 cm³/mol. The standard InChI is InChI=1S/C30H33NO4/c1-2-30(34-22-26-16-10-5-11-17-26)28(18-19-31)35-27(23-32-20-24-12-6-3-7-13-24)29(30)33-21-25-14-8-4-9-15-25/h3-17,27-29H,2,18,20-23H2,1H3/t27-,28?,29-,30+/m1/s1. The average molecular weight is 472 g/mol. The highest BCUT2D eigenvalue weighted by atomic mass is 16.6. The van der Waals surface area contributed by atoms with Gasteiger partial charge in [-0.05, 0) is 23.1 Å². The summed E-state index contributed by atoms with van der Waals surface area (Å²) in [6, 6.07) is 32.5. The van der Waals surface area contributed by atoms with Crippen LogP contribution in [0, 0.1) is 11.3 Å². The molecule has 0 N–H and O–H groups in total. The SMILES string of the molecule is CC[C@]1(OCc2ccccc2)C(CC#N)O[C@H](COCc2ccccc2)[C@H]1OCc1ccccc1. The van der Waals surface area contributed by atoms with E-state index < -0.39 is 11.7 Å². The van der Waals surface area contributed by atoms with Crippen LogP contribution in [-0.2, 0) is 38.8 Å². The molecule has 1 unspecified atom stereocenters. The van der Waals surface area contributed by atoms with Crippen LogP contribution in [0.4, 0.5) is 0 Å². The van der Waals surface area contributed by atoms with E-state index in [-0.39, 0.29) is 18.6 Å². The van der Waals surface area contributed by atoms with Gasteiger partial charge in [-0.25, -0.2) is 0 Å². The molecule has 5 nitrogen and oxygen atoms in total. The van der Waals surface area contributed by atoms with E-state index in [0.717, 1.165) is 16.7 Å². The maximum atomic E-state index is 9.59. The number of nitrogens with zero attached hydrogens (tertiary/aromatic N) is 1. The number of hydrogen-bond donors (Lipinski definition) is 0. The zero-order chi connectivity index (χ0) is 24.3. The summed E-state index contributed by atoms with van der Waals surface area (Å²) in [4.78, 5) is 0. The van der Waals surface area contributed by atoms with E-state index in [0.29, 0.717) is 32.8 Å². The largest absolute Gasteiger partial charge is 0.374 e. The van der Waals surface area contributed by atoms with Crippen molar-refractivity contribution in [2.45, 2.75) is 63.5 Å². The fraction of sp³-hybridized carbons (Fsp3) is 0.367.